The summed E-state index contributed by atoms with van der Waals surface area (Å²) in [5.41, 5.74) is -0.204. The van der Waals surface area contributed by atoms with Crippen LogP contribution in [0.3, 0.4) is 0 Å². The number of sulfonamides is 1. The monoisotopic (exact) mass is 404 g/mol. The number of hydroxylamine groups is 1. The fourth-order valence-electron chi connectivity index (χ4n) is 2.19. The predicted molar refractivity (Wildman–Crippen MR) is 88.9 cm³/mol. The molecule has 2 N–H and O–H groups in total. The van der Waals surface area contributed by atoms with Gasteiger partial charge in [0.15, 0.2) is 0 Å². The molecule has 0 saturated carbocycles. The quantitative estimate of drug-likeness (QED) is 0.570. The highest BCUT2D eigenvalue weighted by molar-refractivity contribution is 7.92. The summed E-state index contributed by atoms with van der Waals surface area (Å²) in [7, 11) is -3.03. The summed E-state index contributed by atoms with van der Waals surface area (Å²) in [4.78, 5) is 11.3. The Bertz CT molecular complexity index is 914. The molecule has 0 bridgehead atoms. The number of alkyl halides is 3. The van der Waals surface area contributed by atoms with Crippen molar-refractivity contribution in [3.63, 3.8) is 0 Å². The first-order valence-corrected chi connectivity index (χ1v) is 8.80. The van der Waals surface area contributed by atoms with Crippen molar-refractivity contribution in [1.29, 1.82) is 0 Å². The Morgan fingerprint density at radius 2 is 1.81 bits per heavy atom. The maximum Gasteiger partial charge on any atom is 0.416 e. The molecule has 0 aliphatic carbocycles. The number of rotatable bonds is 6. The van der Waals surface area contributed by atoms with Gasteiger partial charge in [-0.1, -0.05) is 6.07 Å². The van der Waals surface area contributed by atoms with Crippen LogP contribution in [-0.4, -0.2) is 33.2 Å². The van der Waals surface area contributed by atoms with Gasteiger partial charge in [-0.05, 0) is 42.5 Å². The maximum atomic E-state index is 13.0. The molecule has 2 aromatic carbocycles. The number of hydrogen-bond acceptors (Lipinski definition) is 5. The lowest BCUT2D eigenvalue weighted by molar-refractivity contribution is -0.137. The van der Waals surface area contributed by atoms with Gasteiger partial charge in [-0.3, -0.25) is 14.3 Å². The summed E-state index contributed by atoms with van der Waals surface area (Å²) >= 11 is 0. The smallest absolute Gasteiger partial charge is 0.416 e. The largest absolute Gasteiger partial charge is 0.497 e. The van der Waals surface area contributed by atoms with Crippen molar-refractivity contribution in [2.45, 2.75) is 11.1 Å². The summed E-state index contributed by atoms with van der Waals surface area (Å²) in [5, 5.41) is 8.70. The molecule has 0 aromatic heterocycles. The fraction of sp³-hybridized carbons (Fsp3) is 0.188. The average Bonchev–Trinajstić information content (AvgIpc) is 2.65. The van der Waals surface area contributed by atoms with E-state index in [-0.39, 0.29) is 10.6 Å². The summed E-state index contributed by atoms with van der Waals surface area (Å²) < 4.78 is 70.1. The second kappa shape index (κ2) is 7.84. The van der Waals surface area contributed by atoms with Crippen molar-refractivity contribution in [2.75, 3.05) is 18.0 Å². The molecule has 7 nitrogen and oxygen atoms in total. The Kier molecular flexibility index (Phi) is 5.96. The predicted octanol–water partition coefficient (Wildman–Crippen LogP) is 2.41. The minimum Gasteiger partial charge on any atom is -0.497 e. The van der Waals surface area contributed by atoms with Gasteiger partial charge in [-0.2, -0.15) is 13.2 Å². The number of nitrogens with zero attached hydrogens (tertiary/aromatic N) is 1. The number of anilines is 1. The van der Waals surface area contributed by atoms with E-state index in [9.17, 15) is 26.4 Å². The molecule has 0 aliphatic heterocycles. The molecule has 0 fully saturated rings. The zero-order valence-electron chi connectivity index (χ0n) is 13.9. The van der Waals surface area contributed by atoms with E-state index in [1.54, 1.807) is 0 Å². The van der Waals surface area contributed by atoms with E-state index >= 15 is 0 Å². The van der Waals surface area contributed by atoms with Crippen LogP contribution in [0.1, 0.15) is 5.56 Å². The molecule has 11 heteroatoms. The first-order valence-electron chi connectivity index (χ1n) is 7.36. The van der Waals surface area contributed by atoms with Crippen LogP contribution in [0.25, 0.3) is 0 Å². The van der Waals surface area contributed by atoms with Crippen LogP contribution < -0.4 is 14.5 Å². The van der Waals surface area contributed by atoms with Crippen LogP contribution >= 0.6 is 0 Å². The van der Waals surface area contributed by atoms with Gasteiger partial charge < -0.3 is 4.74 Å². The molecule has 1 amide bonds. The molecule has 0 saturated heterocycles. The van der Waals surface area contributed by atoms with Crippen molar-refractivity contribution in [1.82, 2.24) is 5.48 Å². The summed E-state index contributed by atoms with van der Waals surface area (Å²) in [6.07, 6.45) is -4.70. The van der Waals surface area contributed by atoms with Crippen LogP contribution in [0.15, 0.2) is 53.4 Å². The zero-order chi connectivity index (χ0) is 20.2. The third kappa shape index (κ3) is 4.68. The van der Waals surface area contributed by atoms with Crippen LogP contribution in [0.5, 0.6) is 5.75 Å². The zero-order valence-corrected chi connectivity index (χ0v) is 14.7. The minimum atomic E-state index is -4.70. The van der Waals surface area contributed by atoms with Gasteiger partial charge in [0.1, 0.15) is 12.3 Å². The molecule has 0 aliphatic rings. The lowest BCUT2D eigenvalue weighted by Crippen LogP contribution is -2.40. The van der Waals surface area contributed by atoms with E-state index in [0.29, 0.717) is 16.1 Å². The Balaban J connectivity index is 2.55. The minimum absolute atomic E-state index is 0.272. The summed E-state index contributed by atoms with van der Waals surface area (Å²) in [5.74, 6) is -0.753. The topological polar surface area (TPSA) is 95.9 Å². The molecule has 2 aromatic rings. The number of carbonyl (C=O) groups excluding carboxylic acids is 1. The third-order valence-corrected chi connectivity index (χ3v) is 5.31. The number of nitrogens with one attached hydrogen (secondary N) is 1. The Morgan fingerprint density at radius 3 is 2.33 bits per heavy atom. The first kappa shape index (κ1) is 20.5. The van der Waals surface area contributed by atoms with Gasteiger partial charge in [-0.15, -0.1) is 0 Å². The third-order valence-electron chi connectivity index (χ3n) is 3.52. The number of benzene rings is 2. The number of ether oxygens (including phenoxy) is 1. The summed E-state index contributed by atoms with van der Waals surface area (Å²) in [6, 6.07) is 8.58. The maximum absolute atomic E-state index is 13.0. The van der Waals surface area contributed by atoms with Crippen LogP contribution in [0, 0.1) is 0 Å². The highest BCUT2D eigenvalue weighted by atomic mass is 32.2. The van der Waals surface area contributed by atoms with E-state index in [4.69, 9.17) is 9.94 Å². The van der Waals surface area contributed by atoms with Gasteiger partial charge in [0, 0.05) is 0 Å². The second-order valence-corrected chi connectivity index (χ2v) is 7.13. The molecule has 0 heterocycles. The normalized spacial score (nSPS) is 11.7. The van der Waals surface area contributed by atoms with Crippen LogP contribution in [0.4, 0.5) is 18.9 Å². The van der Waals surface area contributed by atoms with E-state index in [0.717, 1.165) is 18.2 Å². The molecule has 0 spiro atoms. The molecular formula is C16H15F3N2O5S. The molecule has 2 rings (SSSR count). The number of amides is 1. The lowest BCUT2D eigenvalue weighted by atomic mass is 10.2. The van der Waals surface area contributed by atoms with Gasteiger partial charge >= 0.3 is 6.18 Å². The van der Waals surface area contributed by atoms with Crippen molar-refractivity contribution >= 4 is 21.6 Å². The molecule has 0 radical (unpaired) electrons. The molecule has 146 valence electrons. The standard InChI is InChI=1S/C16H15F3N2O5S/c1-26-13-5-7-14(8-6-13)27(24,25)21(10-15(22)20-23)12-4-2-3-11(9-12)16(17,18)19/h2-9,23H,10H2,1H3,(H,20,22). The number of hydrogen-bond donors (Lipinski definition) is 2. The van der Waals surface area contributed by atoms with Gasteiger partial charge in [0.05, 0.1) is 23.3 Å². The van der Waals surface area contributed by atoms with E-state index < -0.39 is 34.2 Å². The summed E-state index contributed by atoms with van der Waals surface area (Å²) in [6.45, 7) is -0.924. The van der Waals surface area contributed by atoms with Gasteiger partial charge in [0.25, 0.3) is 15.9 Å². The van der Waals surface area contributed by atoms with Gasteiger partial charge in [0.2, 0.25) is 0 Å². The number of methoxy groups -OCH3 is 1. The Morgan fingerprint density at radius 1 is 1.19 bits per heavy atom. The fourth-order valence-corrected chi connectivity index (χ4v) is 3.61. The van der Waals surface area contributed by atoms with Crippen molar-refractivity contribution in [3.05, 3.63) is 54.1 Å². The van der Waals surface area contributed by atoms with E-state index in [1.165, 1.54) is 36.9 Å². The lowest BCUT2D eigenvalue weighted by Gasteiger charge is -2.24. The average molecular weight is 404 g/mol. The van der Waals surface area contributed by atoms with Crippen molar-refractivity contribution < 1.29 is 36.3 Å². The van der Waals surface area contributed by atoms with E-state index in [1.807, 2.05) is 0 Å². The van der Waals surface area contributed by atoms with Crippen LogP contribution in [0.2, 0.25) is 0 Å². The number of halogens is 3. The van der Waals surface area contributed by atoms with Crippen molar-refractivity contribution in [3.8, 4) is 5.75 Å². The molecular weight excluding hydrogens is 389 g/mol. The van der Waals surface area contributed by atoms with Crippen LogP contribution in [-0.2, 0) is 21.0 Å². The Hall–Kier alpha value is -2.79. The molecule has 27 heavy (non-hydrogen) atoms. The SMILES string of the molecule is COc1ccc(S(=O)(=O)N(CC(=O)NO)c2cccc(C(F)(F)F)c2)cc1. The molecule has 0 atom stereocenters. The first-order chi connectivity index (χ1) is 12.6. The molecule has 0 unspecified atom stereocenters. The highest BCUT2D eigenvalue weighted by Gasteiger charge is 2.33. The van der Waals surface area contributed by atoms with E-state index in [2.05, 4.69) is 0 Å². The Labute approximate surface area is 153 Å². The van der Waals surface area contributed by atoms with Crippen molar-refractivity contribution in [2.24, 2.45) is 0 Å². The number of carbonyl (C=O) groups is 1. The second-order valence-electron chi connectivity index (χ2n) is 5.27. The van der Waals surface area contributed by atoms with Gasteiger partial charge in [-0.25, -0.2) is 13.9 Å². The highest BCUT2D eigenvalue weighted by Crippen LogP contribution is 2.33.